The quantitative estimate of drug-likeness (QED) is 0.540. The van der Waals surface area contributed by atoms with Crippen molar-refractivity contribution in [2.24, 2.45) is 5.92 Å². The summed E-state index contributed by atoms with van der Waals surface area (Å²) in [6.07, 6.45) is 2.53. The van der Waals surface area contributed by atoms with Crippen LogP contribution in [-0.2, 0) is 4.79 Å². The monoisotopic (exact) mass is 260 g/mol. The minimum atomic E-state index is 0.305. The molecule has 1 rings (SSSR count). The van der Waals surface area contributed by atoms with Gasteiger partial charge in [-0.05, 0) is 18.8 Å². The van der Waals surface area contributed by atoms with E-state index in [-0.39, 0.29) is 0 Å². The predicted molar refractivity (Wildman–Crippen MR) is 72.4 cm³/mol. The molecule has 0 radical (unpaired) electrons. The zero-order valence-corrected chi connectivity index (χ0v) is 11.9. The van der Waals surface area contributed by atoms with Crippen molar-refractivity contribution in [1.29, 1.82) is 0 Å². The van der Waals surface area contributed by atoms with E-state index in [2.05, 4.69) is 18.7 Å². The zero-order valence-electron chi connectivity index (χ0n) is 11.1. The highest BCUT2D eigenvalue weighted by atomic mass is 35.5. The fourth-order valence-corrected chi connectivity index (χ4v) is 2.41. The van der Waals surface area contributed by atoms with Crippen LogP contribution in [0.25, 0.3) is 0 Å². The summed E-state index contributed by atoms with van der Waals surface area (Å²) in [7, 11) is 0. The van der Waals surface area contributed by atoms with Gasteiger partial charge < -0.3 is 4.90 Å². The summed E-state index contributed by atoms with van der Waals surface area (Å²) >= 11 is 5.61. The van der Waals surface area contributed by atoms with Crippen molar-refractivity contribution in [3.8, 4) is 0 Å². The molecule has 1 amide bonds. The fraction of sp³-hybridized carbons (Fsp3) is 0.923. The molecule has 0 aromatic carbocycles. The minimum Gasteiger partial charge on any atom is -0.340 e. The van der Waals surface area contributed by atoms with Gasteiger partial charge in [0, 0.05) is 45.0 Å². The average molecular weight is 261 g/mol. The van der Waals surface area contributed by atoms with Crippen LogP contribution in [0, 0.1) is 5.92 Å². The van der Waals surface area contributed by atoms with Gasteiger partial charge in [0.15, 0.2) is 0 Å². The number of rotatable bonds is 6. The molecular formula is C13H25ClN2O. The number of amides is 1. The Hall–Kier alpha value is -0.280. The van der Waals surface area contributed by atoms with Crippen LogP contribution in [-0.4, -0.2) is 54.3 Å². The molecule has 0 spiro atoms. The molecule has 0 unspecified atom stereocenters. The first-order valence-corrected chi connectivity index (χ1v) is 7.23. The molecule has 0 N–H and O–H groups in total. The van der Waals surface area contributed by atoms with Gasteiger partial charge in [-0.3, -0.25) is 9.69 Å². The van der Waals surface area contributed by atoms with Crippen LogP contribution in [0.3, 0.4) is 0 Å². The second-order valence-electron chi connectivity index (χ2n) is 5.22. The van der Waals surface area contributed by atoms with Gasteiger partial charge in [-0.2, -0.15) is 0 Å². The molecule has 4 heteroatoms. The highest BCUT2D eigenvalue weighted by molar-refractivity contribution is 6.17. The summed E-state index contributed by atoms with van der Waals surface area (Å²) < 4.78 is 0. The smallest absolute Gasteiger partial charge is 0.222 e. The molecule has 0 bridgehead atoms. The van der Waals surface area contributed by atoms with E-state index in [9.17, 15) is 4.79 Å². The number of hydrogen-bond donors (Lipinski definition) is 0. The number of alkyl halides is 1. The number of carbonyl (C=O) groups excluding carboxylic acids is 1. The largest absolute Gasteiger partial charge is 0.340 e. The van der Waals surface area contributed by atoms with Gasteiger partial charge in [0.2, 0.25) is 5.91 Å². The predicted octanol–water partition coefficient (Wildman–Crippen LogP) is 2.20. The Labute approximate surface area is 110 Å². The van der Waals surface area contributed by atoms with Crippen molar-refractivity contribution in [2.45, 2.75) is 33.1 Å². The molecule has 1 heterocycles. The lowest BCUT2D eigenvalue weighted by atomic mass is 10.1. The van der Waals surface area contributed by atoms with Gasteiger partial charge >= 0.3 is 0 Å². The maximum absolute atomic E-state index is 11.9. The third-order valence-electron chi connectivity index (χ3n) is 3.12. The van der Waals surface area contributed by atoms with Crippen LogP contribution in [0.2, 0.25) is 0 Å². The Morgan fingerprint density at radius 3 is 2.35 bits per heavy atom. The van der Waals surface area contributed by atoms with Crippen LogP contribution in [0.15, 0.2) is 0 Å². The van der Waals surface area contributed by atoms with E-state index in [0.717, 1.165) is 45.6 Å². The summed E-state index contributed by atoms with van der Waals surface area (Å²) in [4.78, 5) is 16.3. The van der Waals surface area contributed by atoms with Gasteiger partial charge in [-0.15, -0.1) is 11.6 Å². The van der Waals surface area contributed by atoms with E-state index in [1.165, 1.54) is 0 Å². The van der Waals surface area contributed by atoms with Crippen LogP contribution in [0.4, 0.5) is 0 Å². The lowest BCUT2D eigenvalue weighted by molar-refractivity contribution is -0.133. The maximum Gasteiger partial charge on any atom is 0.222 e. The van der Waals surface area contributed by atoms with Crippen LogP contribution >= 0.6 is 11.6 Å². The Bertz CT molecular complexity index is 225. The normalized spacial score (nSPS) is 17.8. The molecule has 1 fully saturated rings. The summed E-state index contributed by atoms with van der Waals surface area (Å²) in [6, 6.07) is 0. The Morgan fingerprint density at radius 2 is 1.82 bits per heavy atom. The molecule has 0 aliphatic carbocycles. The van der Waals surface area contributed by atoms with E-state index in [1.54, 1.807) is 0 Å². The summed E-state index contributed by atoms with van der Waals surface area (Å²) in [5.74, 6) is 1.68. The third kappa shape index (κ3) is 5.73. The van der Waals surface area contributed by atoms with Crippen molar-refractivity contribution >= 4 is 17.5 Å². The number of halogens is 1. The second kappa shape index (κ2) is 7.93. The van der Waals surface area contributed by atoms with Crippen molar-refractivity contribution in [1.82, 2.24) is 9.80 Å². The van der Waals surface area contributed by atoms with Crippen LogP contribution < -0.4 is 0 Å². The van der Waals surface area contributed by atoms with E-state index >= 15 is 0 Å². The van der Waals surface area contributed by atoms with Crippen molar-refractivity contribution in [3.63, 3.8) is 0 Å². The van der Waals surface area contributed by atoms with Gasteiger partial charge in [-0.25, -0.2) is 0 Å². The molecule has 100 valence electrons. The third-order valence-corrected chi connectivity index (χ3v) is 3.39. The first-order valence-electron chi connectivity index (χ1n) is 6.69. The first kappa shape index (κ1) is 14.8. The van der Waals surface area contributed by atoms with Crippen LogP contribution in [0.5, 0.6) is 0 Å². The van der Waals surface area contributed by atoms with Gasteiger partial charge in [-0.1, -0.05) is 13.8 Å². The summed E-state index contributed by atoms with van der Waals surface area (Å²) in [5, 5.41) is 0. The van der Waals surface area contributed by atoms with Crippen LogP contribution in [0.1, 0.15) is 33.1 Å². The molecule has 0 aromatic rings. The highest BCUT2D eigenvalue weighted by Crippen LogP contribution is 2.08. The van der Waals surface area contributed by atoms with Crippen molar-refractivity contribution in [2.75, 3.05) is 38.6 Å². The molecule has 1 saturated heterocycles. The lowest BCUT2D eigenvalue weighted by Crippen LogP contribution is -2.49. The minimum absolute atomic E-state index is 0.305. The molecule has 17 heavy (non-hydrogen) atoms. The number of hydrogen-bond acceptors (Lipinski definition) is 2. The topological polar surface area (TPSA) is 23.6 Å². The first-order chi connectivity index (χ1) is 8.13. The molecule has 3 nitrogen and oxygen atoms in total. The Morgan fingerprint density at radius 1 is 1.18 bits per heavy atom. The van der Waals surface area contributed by atoms with E-state index in [4.69, 9.17) is 11.6 Å². The maximum atomic E-state index is 11.9. The van der Waals surface area contributed by atoms with Gasteiger partial charge in [0.1, 0.15) is 0 Å². The molecule has 0 atom stereocenters. The SMILES string of the molecule is CC(C)CN1CCN(C(=O)CCCCCl)CC1. The zero-order chi connectivity index (χ0) is 12.7. The number of unbranched alkanes of at least 4 members (excludes halogenated alkanes) is 1. The summed E-state index contributed by atoms with van der Waals surface area (Å²) in [6.45, 7) is 9.47. The molecule has 1 aliphatic rings. The molecular weight excluding hydrogens is 236 g/mol. The number of piperazine rings is 1. The number of carbonyl (C=O) groups is 1. The van der Waals surface area contributed by atoms with Crippen molar-refractivity contribution < 1.29 is 4.79 Å². The molecule has 0 aromatic heterocycles. The lowest BCUT2D eigenvalue weighted by Gasteiger charge is -2.35. The summed E-state index contributed by atoms with van der Waals surface area (Å²) in [5.41, 5.74) is 0. The highest BCUT2D eigenvalue weighted by Gasteiger charge is 2.20. The van der Waals surface area contributed by atoms with E-state index in [1.807, 2.05) is 4.90 Å². The molecule has 1 aliphatic heterocycles. The fourth-order valence-electron chi connectivity index (χ4n) is 2.23. The van der Waals surface area contributed by atoms with Crippen molar-refractivity contribution in [3.05, 3.63) is 0 Å². The van der Waals surface area contributed by atoms with E-state index in [0.29, 0.717) is 24.1 Å². The molecule has 0 saturated carbocycles. The van der Waals surface area contributed by atoms with Gasteiger partial charge in [0.25, 0.3) is 0 Å². The Kier molecular flexibility index (Phi) is 6.90. The second-order valence-corrected chi connectivity index (χ2v) is 5.60. The average Bonchev–Trinajstić information content (AvgIpc) is 2.29. The number of nitrogens with zero attached hydrogens (tertiary/aromatic N) is 2. The Balaban J connectivity index is 2.19. The standard InChI is InChI=1S/C13H25ClN2O/c1-12(2)11-15-7-9-16(10-8-15)13(17)5-3-4-6-14/h12H,3-11H2,1-2H3. The van der Waals surface area contributed by atoms with E-state index < -0.39 is 0 Å². The van der Waals surface area contributed by atoms with Gasteiger partial charge in [0.05, 0.1) is 0 Å².